The molecule has 3 saturated heterocycles. The SMILES string of the molecule is CC[C@@H]1C[C@H](N(Cc2cc(C(F)(F)F)cc(C(F)(F)F)c2)c2ncc(Br)cn2)C[C@H](Cc2ccccc2)N1C(=O)OC(C)(C)C.CC[C@@H]1C[C@H](N(Cc2cc(C(F)(F)F)cc(C(F)(F)F)c2)c2ncc(N3CCOCC3)cn2)C[C@H](Cc2ccccc2)N1C(=O)OC(C)(C)C.Cc1ccccc1-c1ccccc1. The van der Waals surface area contributed by atoms with E-state index < -0.39 is 94.5 Å². The smallest absolute Gasteiger partial charge is 0.416 e. The Labute approximate surface area is 631 Å². The van der Waals surface area contributed by atoms with Gasteiger partial charge in [0.1, 0.15) is 11.2 Å². The quantitative estimate of drug-likeness (QED) is 0.0854. The number of rotatable bonds is 16. The Morgan fingerprint density at radius 1 is 0.472 bits per heavy atom. The summed E-state index contributed by atoms with van der Waals surface area (Å²) < 4.78 is 183. The van der Waals surface area contributed by atoms with Gasteiger partial charge in [-0.05, 0) is 191 Å². The third-order valence-corrected chi connectivity index (χ3v) is 19.2. The first-order valence-electron chi connectivity index (χ1n) is 35.8. The minimum atomic E-state index is -5.00. The molecule has 14 nitrogen and oxygen atoms in total. The fourth-order valence-electron chi connectivity index (χ4n) is 13.9. The lowest BCUT2D eigenvalue weighted by atomic mass is 9.86. The van der Waals surface area contributed by atoms with Gasteiger partial charge in [0, 0.05) is 74.8 Å². The van der Waals surface area contributed by atoms with Crippen molar-refractivity contribution in [2.24, 2.45) is 0 Å². The predicted octanol–water partition coefficient (Wildman–Crippen LogP) is 20.9. The Kier molecular flexibility index (Phi) is 27.4. The number of morpholine rings is 1. The fourth-order valence-corrected chi connectivity index (χ4v) is 14.1. The Bertz CT molecular complexity index is 4140. The summed E-state index contributed by atoms with van der Waals surface area (Å²) in [7, 11) is 0. The molecule has 11 rings (SSSR count). The molecule has 3 aliphatic heterocycles. The number of amides is 2. The van der Waals surface area contributed by atoms with Crippen LogP contribution in [0, 0.1) is 6.92 Å². The number of hydrogen-bond acceptors (Lipinski definition) is 12. The molecule has 0 unspecified atom stereocenters. The van der Waals surface area contributed by atoms with Crippen molar-refractivity contribution in [2.75, 3.05) is 41.0 Å². The molecule has 0 N–H and O–H groups in total. The number of carbonyl (C=O) groups excluding carboxylic acids is 2. The van der Waals surface area contributed by atoms with Crippen LogP contribution >= 0.6 is 15.9 Å². The van der Waals surface area contributed by atoms with Crippen LogP contribution in [0.5, 0.6) is 0 Å². The lowest BCUT2D eigenvalue weighted by Crippen LogP contribution is -2.58. The summed E-state index contributed by atoms with van der Waals surface area (Å²) in [5.74, 6) is 0.310. The van der Waals surface area contributed by atoms with Crippen molar-refractivity contribution in [3.63, 3.8) is 0 Å². The van der Waals surface area contributed by atoms with E-state index in [0.29, 0.717) is 82.1 Å². The van der Waals surface area contributed by atoms with Gasteiger partial charge >= 0.3 is 36.9 Å². The van der Waals surface area contributed by atoms with E-state index in [0.717, 1.165) is 41.1 Å². The van der Waals surface area contributed by atoms with E-state index in [9.17, 15) is 62.3 Å². The number of anilines is 3. The van der Waals surface area contributed by atoms with Gasteiger partial charge in [0.25, 0.3) is 0 Å². The van der Waals surface area contributed by atoms with Crippen LogP contribution in [0.4, 0.5) is 79.9 Å². The van der Waals surface area contributed by atoms with Crippen molar-refractivity contribution in [3.05, 3.63) is 231 Å². The summed E-state index contributed by atoms with van der Waals surface area (Å²) in [6, 6.07) is 38.9. The zero-order valence-corrected chi connectivity index (χ0v) is 63.2. The number of benzene rings is 6. The molecule has 2 amide bonds. The maximum Gasteiger partial charge on any atom is 0.416 e. The van der Waals surface area contributed by atoms with Crippen molar-refractivity contribution in [2.45, 2.75) is 199 Å². The summed E-state index contributed by atoms with van der Waals surface area (Å²) >= 11 is 3.28. The highest BCUT2D eigenvalue weighted by atomic mass is 79.9. The van der Waals surface area contributed by atoms with Crippen LogP contribution in [0.1, 0.15) is 144 Å². The summed E-state index contributed by atoms with van der Waals surface area (Å²) in [5.41, 5.74) is -0.849. The second-order valence-electron chi connectivity index (χ2n) is 29.1. The van der Waals surface area contributed by atoms with E-state index >= 15 is 0 Å². The normalized spacial score (nSPS) is 18.7. The zero-order chi connectivity index (χ0) is 78.5. The number of alkyl halides is 12. The van der Waals surface area contributed by atoms with Crippen LogP contribution in [-0.2, 0) is 64.8 Å². The molecular formula is C81H90BrF12N9O5. The molecule has 6 atom stereocenters. The minimum absolute atomic E-state index is 0.117. The summed E-state index contributed by atoms with van der Waals surface area (Å²) in [4.78, 5) is 54.1. The van der Waals surface area contributed by atoms with Crippen LogP contribution in [0.25, 0.3) is 11.1 Å². The second-order valence-corrected chi connectivity index (χ2v) is 30.1. The molecule has 0 radical (unpaired) electrons. The predicted molar refractivity (Wildman–Crippen MR) is 395 cm³/mol. The van der Waals surface area contributed by atoms with Crippen LogP contribution in [0.15, 0.2) is 181 Å². The number of nitrogens with zero attached hydrogens (tertiary/aromatic N) is 9. The lowest BCUT2D eigenvalue weighted by Gasteiger charge is -2.48. The van der Waals surface area contributed by atoms with E-state index in [2.05, 4.69) is 91.3 Å². The van der Waals surface area contributed by atoms with Gasteiger partial charge in [-0.25, -0.2) is 29.5 Å². The van der Waals surface area contributed by atoms with Crippen molar-refractivity contribution in [1.29, 1.82) is 0 Å². The summed E-state index contributed by atoms with van der Waals surface area (Å²) in [6.07, 6.45) is -11.3. The molecular weight excluding hydrogens is 1490 g/mol. The maximum atomic E-state index is 13.9. The minimum Gasteiger partial charge on any atom is -0.444 e. The van der Waals surface area contributed by atoms with Crippen molar-refractivity contribution >= 4 is 45.7 Å². The molecule has 0 bridgehead atoms. The Hall–Kier alpha value is -8.98. The number of hydrogen-bond donors (Lipinski definition) is 0. The number of likely N-dealkylation sites (tertiary alicyclic amines) is 2. The molecule has 108 heavy (non-hydrogen) atoms. The number of carbonyl (C=O) groups is 2. The number of aromatic nitrogens is 4. The van der Waals surface area contributed by atoms with E-state index in [1.807, 2.05) is 85.5 Å². The zero-order valence-electron chi connectivity index (χ0n) is 61.6. The monoisotopic (exact) mass is 1580 g/mol. The summed E-state index contributed by atoms with van der Waals surface area (Å²) in [5, 5.41) is 0. The molecule has 0 spiro atoms. The van der Waals surface area contributed by atoms with Gasteiger partial charge in [-0.1, -0.05) is 129 Å². The van der Waals surface area contributed by atoms with Crippen molar-refractivity contribution < 1.29 is 76.5 Å². The first kappa shape index (κ1) is 83.1. The second kappa shape index (κ2) is 35.6. The topological polar surface area (TPSA) is 130 Å². The fraction of sp³-hybridized carbons (Fsp3) is 0.432. The van der Waals surface area contributed by atoms with Crippen LogP contribution in [0.3, 0.4) is 0 Å². The van der Waals surface area contributed by atoms with Gasteiger partial charge in [0.05, 0.1) is 58.0 Å². The van der Waals surface area contributed by atoms with Gasteiger partial charge in [-0.3, -0.25) is 0 Å². The van der Waals surface area contributed by atoms with Crippen LogP contribution < -0.4 is 14.7 Å². The molecule has 6 aromatic carbocycles. The average molecular weight is 1580 g/mol. The Morgan fingerprint density at radius 2 is 0.815 bits per heavy atom. The van der Waals surface area contributed by atoms with Gasteiger partial charge < -0.3 is 38.7 Å². The lowest BCUT2D eigenvalue weighted by molar-refractivity contribution is -0.144. The highest BCUT2D eigenvalue weighted by Gasteiger charge is 2.46. The molecule has 0 saturated carbocycles. The third kappa shape index (κ3) is 23.3. The summed E-state index contributed by atoms with van der Waals surface area (Å²) in [6.45, 7) is 18.4. The van der Waals surface area contributed by atoms with E-state index in [4.69, 9.17) is 14.2 Å². The number of halogens is 13. The van der Waals surface area contributed by atoms with E-state index in [1.54, 1.807) is 73.5 Å². The molecule has 8 aromatic rings. The molecule has 3 aliphatic rings. The molecule has 27 heteroatoms. The van der Waals surface area contributed by atoms with Gasteiger partial charge in [0.2, 0.25) is 11.9 Å². The first-order chi connectivity index (χ1) is 50.8. The van der Waals surface area contributed by atoms with E-state index in [1.165, 1.54) is 29.1 Å². The highest BCUT2D eigenvalue weighted by molar-refractivity contribution is 9.10. The van der Waals surface area contributed by atoms with Gasteiger partial charge in [0.15, 0.2) is 0 Å². The molecule has 5 heterocycles. The molecule has 3 fully saturated rings. The number of piperidine rings is 2. The third-order valence-electron chi connectivity index (χ3n) is 18.8. The number of ether oxygens (including phenoxy) is 3. The highest BCUT2D eigenvalue weighted by Crippen LogP contribution is 2.42. The first-order valence-corrected chi connectivity index (χ1v) is 36.6. The standard InChI is InChI=1S/C36H43F6N5O3.C32H35BrF6N4O2.C13H12/c1-5-28-19-29(20-30(17-24-9-7-6-8-10-24)47(28)33(48)50-34(2,3)4)46(32-43-21-31(22-44-32)45-11-13-49-14-12-45)23-25-15-26(35(37,38)39)18-27(16-25)36(40,41)42;1-5-25-15-26(16-27(13-20-9-7-6-8-10-20)43(25)29(44)45-30(2,3)4)42(28-40-17-24(33)18-41-28)19-21-11-22(31(34,35)36)14-23(12-21)32(37,38)39;1-11-7-5-6-10-13(11)12-8-3-2-4-9-12/h6-10,15-16,18,21-22,28-30H,5,11-14,17,19-20,23H2,1-4H3;6-12,14,17-18,25-27H,5,13,15-16,19H2,1-4H3;2-10H,1H3/t28-,29+,30+;25-,26+,27+;/m11./s1. The Balaban J connectivity index is 0.000000213. The van der Waals surface area contributed by atoms with Crippen LogP contribution in [0.2, 0.25) is 0 Å². The largest absolute Gasteiger partial charge is 0.444 e. The molecule has 580 valence electrons. The van der Waals surface area contributed by atoms with Crippen molar-refractivity contribution in [3.8, 4) is 11.1 Å². The van der Waals surface area contributed by atoms with Gasteiger partial charge in [-0.2, -0.15) is 52.7 Å². The van der Waals surface area contributed by atoms with E-state index in [-0.39, 0.29) is 60.3 Å². The van der Waals surface area contributed by atoms with Crippen molar-refractivity contribution in [1.82, 2.24) is 29.7 Å². The average Bonchev–Trinajstić information content (AvgIpc) is 0.801. The molecule has 2 aromatic heterocycles. The van der Waals surface area contributed by atoms with Crippen LogP contribution in [-0.4, -0.2) is 116 Å². The van der Waals surface area contributed by atoms with Gasteiger partial charge in [-0.15, -0.1) is 0 Å². The molecule has 0 aliphatic carbocycles. The Morgan fingerprint density at radius 3 is 1.17 bits per heavy atom. The maximum absolute atomic E-state index is 13.9. The number of aryl methyl sites for hydroxylation is 1.